The molecule has 0 radical (unpaired) electrons. The molecule has 0 atom stereocenters. The molecule has 162 valence electrons. The molecule has 0 bridgehead atoms. The molecule has 0 saturated carbocycles. The Balaban J connectivity index is 1.71. The van der Waals surface area contributed by atoms with E-state index in [2.05, 4.69) is 5.16 Å². The third-order valence-corrected chi connectivity index (χ3v) is 5.89. The number of hydrogen-bond donors (Lipinski definition) is 1. The third kappa shape index (κ3) is 4.95. The van der Waals surface area contributed by atoms with Crippen LogP contribution in [0.25, 0.3) is 0 Å². The van der Waals surface area contributed by atoms with Gasteiger partial charge in [0.2, 0.25) is 5.91 Å². The van der Waals surface area contributed by atoms with Crippen molar-refractivity contribution in [2.24, 2.45) is 11.1 Å². The maximum absolute atomic E-state index is 13.1. The molecule has 1 aromatic carbocycles. The Morgan fingerprint density at radius 2 is 2.03 bits per heavy atom. The molecule has 1 saturated heterocycles. The van der Waals surface area contributed by atoms with Gasteiger partial charge in [-0.05, 0) is 43.9 Å². The lowest BCUT2D eigenvalue weighted by Gasteiger charge is -2.41. The molecule has 8 heteroatoms. The van der Waals surface area contributed by atoms with Crippen LogP contribution < -0.4 is 10.5 Å². The zero-order valence-electron chi connectivity index (χ0n) is 17.6. The Bertz CT molecular complexity index is 917. The normalized spacial score (nSPS) is 16.0. The second-order valence-electron chi connectivity index (χ2n) is 8.34. The second-order valence-corrected chi connectivity index (χ2v) is 8.77. The van der Waals surface area contributed by atoms with Gasteiger partial charge in [-0.3, -0.25) is 9.59 Å². The Morgan fingerprint density at radius 3 is 2.63 bits per heavy atom. The summed E-state index contributed by atoms with van der Waals surface area (Å²) in [5.41, 5.74) is 6.33. The number of piperidine rings is 1. The van der Waals surface area contributed by atoms with Gasteiger partial charge in [0.05, 0.1) is 12.3 Å². The fourth-order valence-electron chi connectivity index (χ4n) is 3.92. The maximum Gasteiger partial charge on any atom is 0.259 e. The Morgan fingerprint density at radius 1 is 1.33 bits per heavy atom. The van der Waals surface area contributed by atoms with Crippen LogP contribution in [-0.4, -0.2) is 41.6 Å². The fourth-order valence-corrected chi connectivity index (χ4v) is 4.10. The van der Waals surface area contributed by atoms with Gasteiger partial charge in [-0.2, -0.15) is 0 Å². The number of ether oxygens (including phenoxy) is 1. The highest BCUT2D eigenvalue weighted by Crippen LogP contribution is 2.37. The van der Waals surface area contributed by atoms with Crippen LogP contribution in [0.3, 0.4) is 0 Å². The minimum absolute atomic E-state index is 0.0825. The largest absolute Gasteiger partial charge is 0.493 e. The number of nitrogens with zero attached hydrogens (tertiary/aromatic N) is 2. The van der Waals surface area contributed by atoms with Crippen molar-refractivity contribution in [2.45, 2.75) is 46.0 Å². The molecule has 2 heterocycles. The number of aromatic nitrogens is 1. The molecule has 30 heavy (non-hydrogen) atoms. The third-order valence-electron chi connectivity index (χ3n) is 5.65. The zero-order valence-corrected chi connectivity index (χ0v) is 18.4. The number of primary amides is 1. The lowest BCUT2D eigenvalue weighted by molar-refractivity contribution is -0.121. The van der Waals surface area contributed by atoms with Crippen molar-refractivity contribution in [3.63, 3.8) is 0 Å². The molecule has 2 amide bonds. The molecule has 3 rings (SSSR count). The van der Waals surface area contributed by atoms with E-state index in [1.165, 1.54) is 0 Å². The Kier molecular flexibility index (Phi) is 6.71. The Labute approximate surface area is 181 Å². The van der Waals surface area contributed by atoms with Gasteiger partial charge in [-0.1, -0.05) is 36.7 Å². The summed E-state index contributed by atoms with van der Waals surface area (Å²) >= 11 is 6.02. The quantitative estimate of drug-likeness (QED) is 0.713. The summed E-state index contributed by atoms with van der Waals surface area (Å²) in [6.07, 6.45) is 1.44. The highest BCUT2D eigenvalue weighted by Gasteiger charge is 2.39. The van der Waals surface area contributed by atoms with Crippen molar-refractivity contribution in [2.75, 3.05) is 19.7 Å². The van der Waals surface area contributed by atoms with Gasteiger partial charge in [0, 0.05) is 29.9 Å². The number of hydrogen-bond acceptors (Lipinski definition) is 5. The number of benzene rings is 1. The molecule has 1 aliphatic rings. The summed E-state index contributed by atoms with van der Waals surface area (Å²) in [4.78, 5) is 26.7. The summed E-state index contributed by atoms with van der Waals surface area (Å²) in [6.45, 7) is 7.07. The molecule has 2 N–H and O–H groups in total. The first-order chi connectivity index (χ1) is 14.2. The average molecular weight is 434 g/mol. The van der Waals surface area contributed by atoms with Crippen LogP contribution in [0.1, 0.15) is 60.8 Å². The number of amides is 2. The minimum Gasteiger partial charge on any atom is -0.493 e. The molecule has 1 aromatic heterocycles. The minimum atomic E-state index is -0.421. The van der Waals surface area contributed by atoms with E-state index in [4.69, 9.17) is 26.6 Å². The van der Waals surface area contributed by atoms with Crippen molar-refractivity contribution < 1.29 is 18.8 Å². The van der Waals surface area contributed by atoms with Crippen molar-refractivity contribution in [3.05, 3.63) is 46.3 Å². The highest BCUT2D eigenvalue weighted by atomic mass is 35.5. The molecule has 2 aromatic rings. The van der Waals surface area contributed by atoms with E-state index in [1.54, 1.807) is 24.0 Å². The van der Waals surface area contributed by atoms with E-state index >= 15 is 0 Å². The molecule has 7 nitrogen and oxygen atoms in total. The van der Waals surface area contributed by atoms with Gasteiger partial charge in [0.1, 0.15) is 17.1 Å². The van der Waals surface area contributed by atoms with Crippen LogP contribution in [0.5, 0.6) is 5.75 Å². The predicted molar refractivity (Wildman–Crippen MR) is 114 cm³/mol. The maximum atomic E-state index is 13.1. The summed E-state index contributed by atoms with van der Waals surface area (Å²) in [6, 6.07) is 7.15. The molecular weight excluding hydrogens is 406 g/mol. The molecular formula is C22H28ClN3O4. The van der Waals surface area contributed by atoms with Crippen LogP contribution >= 0.6 is 11.6 Å². The van der Waals surface area contributed by atoms with Gasteiger partial charge in [-0.15, -0.1) is 0 Å². The SMILES string of the molecule is Cc1onc(C(C)C)c1C(=O)N1CCC(COc2cccc(Cl)c2)(CC(N)=O)CC1. The number of aryl methyl sites for hydroxylation is 1. The topological polar surface area (TPSA) is 98.7 Å². The number of halogens is 1. The molecule has 1 fully saturated rings. The number of likely N-dealkylation sites (tertiary alicyclic amines) is 1. The van der Waals surface area contributed by atoms with Gasteiger partial charge < -0.3 is 19.9 Å². The monoisotopic (exact) mass is 433 g/mol. The number of nitrogens with two attached hydrogens (primary N) is 1. The van der Waals surface area contributed by atoms with Crippen LogP contribution in [0.4, 0.5) is 0 Å². The molecule has 0 aliphatic carbocycles. The molecule has 1 aliphatic heterocycles. The fraction of sp³-hybridized carbons (Fsp3) is 0.500. The standard InChI is InChI=1S/C22H28ClN3O4/c1-14(2)20-19(15(3)30-25-20)21(28)26-9-7-22(8-10-26,12-18(24)27)13-29-17-6-4-5-16(23)11-17/h4-6,11,14H,7-10,12-13H2,1-3H3,(H2,24,27). The van der Waals surface area contributed by atoms with Crippen LogP contribution in [0.15, 0.2) is 28.8 Å². The summed E-state index contributed by atoms with van der Waals surface area (Å²) in [7, 11) is 0. The second kappa shape index (κ2) is 9.08. The summed E-state index contributed by atoms with van der Waals surface area (Å²) in [5.74, 6) is 0.807. The van der Waals surface area contributed by atoms with Crippen molar-refractivity contribution >= 4 is 23.4 Å². The molecule has 0 spiro atoms. The van der Waals surface area contributed by atoms with Gasteiger partial charge >= 0.3 is 0 Å². The smallest absolute Gasteiger partial charge is 0.259 e. The number of carbonyl (C=O) groups is 2. The lowest BCUT2D eigenvalue weighted by atomic mass is 9.76. The van der Waals surface area contributed by atoms with E-state index in [0.29, 0.717) is 60.3 Å². The first kappa shape index (κ1) is 22.2. The lowest BCUT2D eigenvalue weighted by Crippen LogP contribution is -2.47. The van der Waals surface area contributed by atoms with E-state index in [-0.39, 0.29) is 24.2 Å². The van der Waals surface area contributed by atoms with Gasteiger partial charge in [0.25, 0.3) is 5.91 Å². The number of rotatable bonds is 7. The van der Waals surface area contributed by atoms with E-state index < -0.39 is 5.41 Å². The molecule has 0 unspecified atom stereocenters. The van der Waals surface area contributed by atoms with E-state index in [0.717, 1.165) is 0 Å². The van der Waals surface area contributed by atoms with Crippen molar-refractivity contribution in [1.82, 2.24) is 10.1 Å². The van der Waals surface area contributed by atoms with E-state index in [1.807, 2.05) is 26.0 Å². The van der Waals surface area contributed by atoms with Crippen LogP contribution in [0, 0.1) is 12.3 Å². The van der Waals surface area contributed by atoms with E-state index in [9.17, 15) is 9.59 Å². The Hall–Kier alpha value is -2.54. The summed E-state index contributed by atoms with van der Waals surface area (Å²) < 4.78 is 11.2. The van der Waals surface area contributed by atoms with Crippen molar-refractivity contribution in [1.29, 1.82) is 0 Å². The predicted octanol–water partition coefficient (Wildman–Crippen LogP) is 3.94. The average Bonchev–Trinajstić information content (AvgIpc) is 3.08. The van der Waals surface area contributed by atoms with Crippen LogP contribution in [-0.2, 0) is 4.79 Å². The van der Waals surface area contributed by atoms with Gasteiger partial charge in [-0.25, -0.2) is 0 Å². The van der Waals surface area contributed by atoms with Crippen LogP contribution in [0.2, 0.25) is 5.02 Å². The zero-order chi connectivity index (χ0) is 21.9. The number of carbonyl (C=O) groups excluding carboxylic acids is 2. The van der Waals surface area contributed by atoms with Gasteiger partial charge in [0.15, 0.2) is 0 Å². The van der Waals surface area contributed by atoms with Crippen molar-refractivity contribution in [3.8, 4) is 5.75 Å². The first-order valence-electron chi connectivity index (χ1n) is 10.1. The summed E-state index contributed by atoms with van der Waals surface area (Å²) in [5, 5.41) is 4.64. The highest BCUT2D eigenvalue weighted by molar-refractivity contribution is 6.30. The first-order valence-corrected chi connectivity index (χ1v) is 10.5.